The molecule has 0 bridgehead atoms. The molecule has 3 aliphatic rings. The van der Waals surface area contributed by atoms with Crippen molar-refractivity contribution in [3.8, 4) is 0 Å². The lowest BCUT2D eigenvalue weighted by Crippen LogP contribution is -2.36. The molecule has 3 rings (SSSR count). The molecule has 0 spiro atoms. The molecule has 1 aliphatic heterocycles. The molecule has 32 heavy (non-hydrogen) atoms. The summed E-state index contributed by atoms with van der Waals surface area (Å²) in [7, 11) is 0. The highest BCUT2D eigenvalue weighted by atomic mass is 16.6. The minimum absolute atomic E-state index is 0.0935. The minimum Gasteiger partial charge on any atom is -0.461 e. The number of ether oxygens (including phenoxy) is 4. The van der Waals surface area contributed by atoms with Gasteiger partial charge in [0.15, 0.2) is 0 Å². The van der Waals surface area contributed by atoms with Gasteiger partial charge in [-0.15, -0.1) is 0 Å². The number of fused-ring (bicyclic) bond motifs is 3. The molecule has 2 aliphatic carbocycles. The molecule has 0 amide bonds. The fourth-order valence-corrected chi connectivity index (χ4v) is 4.76. The van der Waals surface area contributed by atoms with Crippen LogP contribution in [0.3, 0.4) is 0 Å². The standard InChI is InChI=1S/C24H28O8/c1-7-16(10-29-14(5)25)24(28)31-19-8-11(2)17-9-18(30-15(6)26)12(3)20(17)22-21(19)13(4)23(27)32-22/h7-8,17-22H,3-4,9-10H2,1-2,5-6H3. The van der Waals surface area contributed by atoms with Crippen LogP contribution >= 0.6 is 0 Å². The van der Waals surface area contributed by atoms with Crippen molar-refractivity contribution in [1.29, 1.82) is 0 Å². The Hall–Kier alpha value is -3.16. The molecule has 0 N–H and O–H groups in total. The molecule has 1 heterocycles. The van der Waals surface area contributed by atoms with E-state index in [2.05, 4.69) is 13.2 Å². The highest BCUT2D eigenvalue weighted by Crippen LogP contribution is 2.52. The average molecular weight is 444 g/mol. The van der Waals surface area contributed by atoms with Crippen molar-refractivity contribution in [2.75, 3.05) is 6.61 Å². The van der Waals surface area contributed by atoms with Crippen LogP contribution in [0, 0.1) is 17.8 Å². The first-order valence-corrected chi connectivity index (χ1v) is 10.5. The first-order valence-electron chi connectivity index (χ1n) is 10.5. The lowest BCUT2D eigenvalue weighted by atomic mass is 9.80. The minimum atomic E-state index is -0.802. The number of rotatable bonds is 5. The molecule has 0 aromatic rings. The Morgan fingerprint density at radius 3 is 2.44 bits per heavy atom. The SMILES string of the molecule is C=C1C(=O)OC2C1C(OC(=O)C(=CC)COC(C)=O)C=C(C)C1CC(OC(C)=O)C(=C)C12. The van der Waals surface area contributed by atoms with E-state index in [0.29, 0.717) is 12.0 Å². The highest BCUT2D eigenvalue weighted by Gasteiger charge is 2.56. The molecule has 0 aromatic heterocycles. The van der Waals surface area contributed by atoms with Gasteiger partial charge in [0, 0.05) is 25.3 Å². The van der Waals surface area contributed by atoms with Gasteiger partial charge >= 0.3 is 23.9 Å². The largest absolute Gasteiger partial charge is 0.461 e. The summed E-state index contributed by atoms with van der Waals surface area (Å²) >= 11 is 0. The summed E-state index contributed by atoms with van der Waals surface area (Å²) in [5, 5.41) is 0. The van der Waals surface area contributed by atoms with Crippen LogP contribution in [0.1, 0.15) is 34.1 Å². The summed E-state index contributed by atoms with van der Waals surface area (Å²) in [6.45, 7) is 13.9. The molecule has 6 atom stereocenters. The molecule has 0 aromatic carbocycles. The average Bonchev–Trinajstić information content (AvgIpc) is 3.13. The molecule has 6 unspecified atom stereocenters. The lowest BCUT2D eigenvalue weighted by Gasteiger charge is -2.29. The van der Waals surface area contributed by atoms with Crippen LogP contribution in [0.2, 0.25) is 0 Å². The molecule has 1 saturated carbocycles. The van der Waals surface area contributed by atoms with Gasteiger partial charge in [-0.1, -0.05) is 24.8 Å². The second-order valence-corrected chi connectivity index (χ2v) is 8.34. The predicted molar refractivity (Wildman–Crippen MR) is 113 cm³/mol. The Kier molecular flexibility index (Phi) is 6.71. The monoisotopic (exact) mass is 444 g/mol. The Morgan fingerprint density at radius 2 is 1.84 bits per heavy atom. The van der Waals surface area contributed by atoms with Gasteiger partial charge in [0.05, 0.1) is 11.5 Å². The molecule has 2 fully saturated rings. The van der Waals surface area contributed by atoms with E-state index >= 15 is 0 Å². The van der Waals surface area contributed by atoms with Crippen molar-refractivity contribution in [1.82, 2.24) is 0 Å². The smallest absolute Gasteiger partial charge is 0.337 e. The quantitative estimate of drug-likeness (QED) is 0.276. The Labute approximate surface area is 186 Å². The van der Waals surface area contributed by atoms with Crippen LogP contribution in [0.4, 0.5) is 0 Å². The fraction of sp³-hybridized carbons (Fsp3) is 0.500. The van der Waals surface area contributed by atoms with Gasteiger partial charge in [-0.3, -0.25) is 9.59 Å². The van der Waals surface area contributed by atoms with Crippen LogP contribution in [0.25, 0.3) is 0 Å². The number of allylic oxidation sites excluding steroid dienone is 2. The van der Waals surface area contributed by atoms with Crippen molar-refractivity contribution < 1.29 is 38.1 Å². The topological polar surface area (TPSA) is 105 Å². The molecule has 8 nitrogen and oxygen atoms in total. The van der Waals surface area contributed by atoms with Crippen molar-refractivity contribution >= 4 is 23.9 Å². The van der Waals surface area contributed by atoms with E-state index in [9.17, 15) is 19.2 Å². The van der Waals surface area contributed by atoms with Gasteiger partial charge in [-0.2, -0.15) is 0 Å². The van der Waals surface area contributed by atoms with E-state index in [-0.39, 0.29) is 29.6 Å². The van der Waals surface area contributed by atoms with Gasteiger partial charge in [0.2, 0.25) is 0 Å². The third kappa shape index (κ3) is 4.40. The normalized spacial score (nSPS) is 31.7. The maximum absolute atomic E-state index is 12.8. The van der Waals surface area contributed by atoms with E-state index in [4.69, 9.17) is 18.9 Å². The van der Waals surface area contributed by atoms with Crippen molar-refractivity contribution in [2.45, 2.75) is 52.4 Å². The Bertz CT molecular complexity index is 940. The van der Waals surface area contributed by atoms with Crippen LogP contribution in [0.15, 0.2) is 47.6 Å². The molecule has 172 valence electrons. The number of carbonyl (C=O) groups excluding carboxylic acids is 4. The summed E-state index contributed by atoms with van der Waals surface area (Å²) < 4.78 is 21.8. The summed E-state index contributed by atoms with van der Waals surface area (Å²) in [5.41, 5.74) is 1.99. The van der Waals surface area contributed by atoms with Gasteiger partial charge in [0.1, 0.15) is 24.9 Å². The van der Waals surface area contributed by atoms with E-state index in [1.165, 1.54) is 19.9 Å². The third-order valence-electron chi connectivity index (χ3n) is 6.32. The summed E-state index contributed by atoms with van der Waals surface area (Å²) in [4.78, 5) is 47.8. The van der Waals surface area contributed by atoms with Crippen molar-refractivity contribution in [3.05, 3.63) is 47.6 Å². The zero-order chi connectivity index (χ0) is 23.7. The van der Waals surface area contributed by atoms with Crippen LogP contribution in [0.5, 0.6) is 0 Å². The van der Waals surface area contributed by atoms with Gasteiger partial charge < -0.3 is 18.9 Å². The van der Waals surface area contributed by atoms with E-state index in [0.717, 1.165) is 5.57 Å². The number of carbonyl (C=O) groups is 4. The number of hydrogen-bond donors (Lipinski definition) is 0. The van der Waals surface area contributed by atoms with Crippen molar-refractivity contribution in [3.63, 3.8) is 0 Å². The third-order valence-corrected chi connectivity index (χ3v) is 6.32. The zero-order valence-corrected chi connectivity index (χ0v) is 18.7. The molecule has 8 heteroatoms. The van der Waals surface area contributed by atoms with Crippen LogP contribution in [-0.2, 0) is 38.1 Å². The number of hydrogen-bond acceptors (Lipinski definition) is 8. The molecule has 1 saturated heterocycles. The maximum atomic E-state index is 12.8. The first kappa shape index (κ1) is 23.5. The number of esters is 4. The Morgan fingerprint density at radius 1 is 1.16 bits per heavy atom. The predicted octanol–water partition coefficient (Wildman–Crippen LogP) is 2.59. The van der Waals surface area contributed by atoms with E-state index in [1.54, 1.807) is 13.0 Å². The first-order chi connectivity index (χ1) is 15.0. The second-order valence-electron chi connectivity index (χ2n) is 8.34. The Balaban J connectivity index is 1.91. The highest BCUT2D eigenvalue weighted by molar-refractivity contribution is 5.92. The summed E-state index contributed by atoms with van der Waals surface area (Å²) in [6.07, 6.45) is 1.89. The summed E-state index contributed by atoms with van der Waals surface area (Å²) in [6, 6.07) is 0. The molecular formula is C24H28O8. The van der Waals surface area contributed by atoms with Gasteiger partial charge in [-0.25, -0.2) is 9.59 Å². The van der Waals surface area contributed by atoms with Crippen molar-refractivity contribution in [2.24, 2.45) is 17.8 Å². The molecule has 0 radical (unpaired) electrons. The van der Waals surface area contributed by atoms with Gasteiger partial charge in [0.25, 0.3) is 0 Å². The van der Waals surface area contributed by atoms with Crippen LogP contribution in [-0.4, -0.2) is 48.8 Å². The van der Waals surface area contributed by atoms with Gasteiger partial charge in [-0.05, 0) is 37.8 Å². The lowest BCUT2D eigenvalue weighted by molar-refractivity contribution is -0.148. The molecular weight excluding hydrogens is 416 g/mol. The maximum Gasteiger partial charge on any atom is 0.337 e. The van der Waals surface area contributed by atoms with E-state index < -0.39 is 48.1 Å². The van der Waals surface area contributed by atoms with Crippen LogP contribution < -0.4 is 0 Å². The zero-order valence-electron chi connectivity index (χ0n) is 18.7. The summed E-state index contributed by atoms with van der Waals surface area (Å²) in [5.74, 6) is -3.13. The van der Waals surface area contributed by atoms with E-state index in [1.807, 2.05) is 6.92 Å². The second kappa shape index (κ2) is 9.14. The fourth-order valence-electron chi connectivity index (χ4n) is 4.76.